The smallest absolute Gasteiger partial charge is 0.245 e. The van der Waals surface area contributed by atoms with E-state index in [2.05, 4.69) is 51.8 Å². The number of hydrogen-bond acceptors (Lipinski definition) is 6. The van der Waals surface area contributed by atoms with Gasteiger partial charge in [0.25, 0.3) is 0 Å². The molecule has 0 unspecified atom stereocenters. The third-order valence-electron chi connectivity index (χ3n) is 9.10. The van der Waals surface area contributed by atoms with E-state index in [1.165, 1.54) is 25.9 Å². The molecule has 0 saturated carbocycles. The van der Waals surface area contributed by atoms with Crippen LogP contribution in [-0.2, 0) is 19.1 Å². The molecule has 4 rings (SSSR count). The Hall–Kier alpha value is -1.22. The first kappa shape index (κ1) is 29.8. The summed E-state index contributed by atoms with van der Waals surface area (Å²) < 4.78 is 12.9. The van der Waals surface area contributed by atoms with Gasteiger partial charge in [0.2, 0.25) is 11.8 Å². The number of rotatable bonds is 8. The molecule has 218 valence electrons. The van der Waals surface area contributed by atoms with Crippen LogP contribution in [0.15, 0.2) is 0 Å². The van der Waals surface area contributed by atoms with Crippen molar-refractivity contribution in [1.29, 1.82) is 0 Å². The second kappa shape index (κ2) is 13.0. The normalized spacial score (nSPS) is 32.9. The lowest BCUT2D eigenvalue weighted by Gasteiger charge is -2.50. The Kier molecular flexibility index (Phi) is 10.2. The molecule has 1 spiro atoms. The van der Waals surface area contributed by atoms with Crippen molar-refractivity contribution >= 4 is 11.8 Å². The van der Waals surface area contributed by atoms with Gasteiger partial charge in [0.15, 0.2) is 5.79 Å². The Morgan fingerprint density at radius 3 is 2.32 bits per heavy atom. The summed E-state index contributed by atoms with van der Waals surface area (Å²) in [6, 6.07) is -0.588. The van der Waals surface area contributed by atoms with Crippen LogP contribution in [-0.4, -0.2) is 103 Å². The Balaban J connectivity index is 1.34. The van der Waals surface area contributed by atoms with Crippen molar-refractivity contribution in [3.8, 4) is 0 Å². The third-order valence-corrected chi connectivity index (χ3v) is 9.10. The molecular weight excluding hydrogens is 480 g/mol. The highest BCUT2D eigenvalue weighted by atomic mass is 16.7. The van der Waals surface area contributed by atoms with E-state index in [9.17, 15) is 9.59 Å². The summed E-state index contributed by atoms with van der Waals surface area (Å²) in [6.07, 6.45) is 5.44. The maximum atomic E-state index is 14.0. The van der Waals surface area contributed by atoms with Crippen LogP contribution in [0.1, 0.15) is 80.1 Å². The monoisotopic (exact) mass is 534 g/mol. The summed E-state index contributed by atoms with van der Waals surface area (Å²) in [7, 11) is 0. The maximum absolute atomic E-state index is 14.0. The lowest BCUT2D eigenvalue weighted by atomic mass is 9.92. The quantitative estimate of drug-likeness (QED) is 0.515. The minimum Gasteiger partial charge on any atom is -0.349 e. The highest BCUT2D eigenvalue weighted by molar-refractivity contribution is 5.90. The van der Waals surface area contributed by atoms with E-state index in [0.717, 1.165) is 38.6 Å². The zero-order chi connectivity index (χ0) is 27.4. The molecule has 0 aromatic carbocycles. The first-order valence-electron chi connectivity index (χ1n) is 15.4. The second-order valence-electron chi connectivity index (χ2n) is 13.5. The first-order valence-corrected chi connectivity index (χ1v) is 15.4. The molecule has 4 aliphatic rings. The van der Waals surface area contributed by atoms with Crippen LogP contribution in [0.25, 0.3) is 0 Å². The molecule has 8 nitrogen and oxygen atoms in total. The van der Waals surface area contributed by atoms with Crippen molar-refractivity contribution in [1.82, 2.24) is 20.0 Å². The molecule has 0 bridgehead atoms. The summed E-state index contributed by atoms with van der Waals surface area (Å²) in [5.74, 6) is 1.60. The molecule has 1 N–H and O–H groups in total. The molecular formula is C30H54N4O4. The number of hydrogen-bond donors (Lipinski definition) is 1. The number of nitrogens with one attached hydrogen (secondary N) is 1. The number of carbonyl (C=O) groups excluding carboxylic acids is 2. The van der Waals surface area contributed by atoms with Crippen LogP contribution in [0.5, 0.6) is 0 Å². The van der Waals surface area contributed by atoms with Gasteiger partial charge in [0.1, 0.15) is 6.04 Å². The molecule has 4 heterocycles. The largest absolute Gasteiger partial charge is 0.349 e. The van der Waals surface area contributed by atoms with Crippen molar-refractivity contribution in [2.24, 2.45) is 23.7 Å². The van der Waals surface area contributed by atoms with E-state index in [1.807, 2.05) is 9.80 Å². The predicted molar refractivity (Wildman–Crippen MR) is 150 cm³/mol. The standard InChI is InChI=1S/C30H54N4O4/c1-21(2)15-26-28(35)34(14-10-31-26)27(16-22(3)4)29(36)33-13-9-30(17-24(33)6)37-19-25(20-38-30)18-32-11-7-23(5)8-12-32/h21-27,31H,7-20H2,1-6H3/t24-,25-,26-,27-,30+/m0/s1. The van der Waals surface area contributed by atoms with E-state index in [1.54, 1.807) is 0 Å². The summed E-state index contributed by atoms with van der Waals surface area (Å²) in [5, 5.41) is 3.38. The fraction of sp³-hybridized carbons (Fsp3) is 0.933. The molecule has 2 amide bonds. The zero-order valence-corrected chi connectivity index (χ0v) is 24.9. The van der Waals surface area contributed by atoms with E-state index in [4.69, 9.17) is 9.47 Å². The Morgan fingerprint density at radius 1 is 1.03 bits per heavy atom. The first-order chi connectivity index (χ1) is 18.1. The fourth-order valence-corrected chi connectivity index (χ4v) is 6.83. The SMILES string of the molecule is CC(C)C[C@@H]1NCCN([C@@H](CC(C)C)C(=O)N2CC[C@]3(C[C@@H]2C)OC[C@@H](CN2CCC(C)CC2)CO3)C1=O. The molecule has 0 aromatic heterocycles. The Labute approximate surface area is 231 Å². The van der Waals surface area contributed by atoms with Crippen molar-refractivity contribution in [2.75, 3.05) is 52.5 Å². The highest BCUT2D eigenvalue weighted by Crippen LogP contribution is 2.36. The number of likely N-dealkylation sites (tertiary alicyclic amines) is 2. The minimum absolute atomic E-state index is 0.00974. The summed E-state index contributed by atoms with van der Waals surface area (Å²) in [5.41, 5.74) is 0. The summed E-state index contributed by atoms with van der Waals surface area (Å²) in [4.78, 5) is 33.9. The van der Waals surface area contributed by atoms with Gasteiger partial charge in [-0.05, 0) is 63.5 Å². The van der Waals surface area contributed by atoms with E-state index in [0.29, 0.717) is 50.1 Å². The van der Waals surface area contributed by atoms with Gasteiger partial charge in [0, 0.05) is 51.0 Å². The minimum atomic E-state index is -0.579. The number of carbonyl (C=O) groups is 2. The third kappa shape index (κ3) is 7.29. The van der Waals surface area contributed by atoms with Crippen molar-refractivity contribution < 1.29 is 19.1 Å². The molecule has 38 heavy (non-hydrogen) atoms. The van der Waals surface area contributed by atoms with E-state index in [-0.39, 0.29) is 23.9 Å². The lowest BCUT2D eigenvalue weighted by molar-refractivity contribution is -0.303. The average molecular weight is 535 g/mol. The number of piperazine rings is 1. The number of ether oxygens (including phenoxy) is 2. The summed E-state index contributed by atoms with van der Waals surface area (Å²) in [6.45, 7) is 19.8. The van der Waals surface area contributed by atoms with Gasteiger partial charge in [-0.2, -0.15) is 0 Å². The molecule has 0 aliphatic carbocycles. The predicted octanol–water partition coefficient (Wildman–Crippen LogP) is 3.35. The van der Waals surface area contributed by atoms with E-state index >= 15 is 0 Å². The Morgan fingerprint density at radius 2 is 1.71 bits per heavy atom. The fourth-order valence-electron chi connectivity index (χ4n) is 6.83. The van der Waals surface area contributed by atoms with Crippen LogP contribution >= 0.6 is 0 Å². The number of amides is 2. The van der Waals surface area contributed by atoms with Crippen molar-refractivity contribution in [3.63, 3.8) is 0 Å². The molecule has 0 radical (unpaired) electrons. The second-order valence-corrected chi connectivity index (χ2v) is 13.5. The van der Waals surface area contributed by atoms with E-state index < -0.39 is 11.8 Å². The summed E-state index contributed by atoms with van der Waals surface area (Å²) >= 11 is 0. The topological polar surface area (TPSA) is 74.3 Å². The maximum Gasteiger partial charge on any atom is 0.245 e. The zero-order valence-electron chi connectivity index (χ0n) is 24.9. The number of piperidine rings is 2. The van der Waals surface area contributed by atoms with Crippen LogP contribution in [0, 0.1) is 23.7 Å². The van der Waals surface area contributed by atoms with Crippen molar-refractivity contribution in [3.05, 3.63) is 0 Å². The van der Waals surface area contributed by atoms with Crippen molar-refractivity contribution in [2.45, 2.75) is 104 Å². The van der Waals surface area contributed by atoms with Gasteiger partial charge in [-0.3, -0.25) is 9.59 Å². The van der Waals surface area contributed by atoms with Crippen LogP contribution in [0.2, 0.25) is 0 Å². The molecule has 8 heteroatoms. The Bertz CT molecular complexity index is 789. The van der Waals surface area contributed by atoms with Gasteiger partial charge in [-0.1, -0.05) is 34.6 Å². The van der Waals surface area contributed by atoms with Gasteiger partial charge in [0.05, 0.1) is 19.3 Å². The van der Waals surface area contributed by atoms with Crippen LogP contribution in [0.4, 0.5) is 0 Å². The number of nitrogens with zero attached hydrogens (tertiary/aromatic N) is 3. The van der Waals surface area contributed by atoms with Gasteiger partial charge < -0.3 is 29.5 Å². The molecule has 4 aliphatic heterocycles. The molecule has 4 saturated heterocycles. The van der Waals surface area contributed by atoms with Crippen LogP contribution < -0.4 is 5.32 Å². The van der Waals surface area contributed by atoms with Crippen LogP contribution in [0.3, 0.4) is 0 Å². The average Bonchev–Trinajstić information content (AvgIpc) is 2.86. The van der Waals surface area contributed by atoms with Gasteiger partial charge >= 0.3 is 0 Å². The van der Waals surface area contributed by atoms with Gasteiger partial charge in [-0.25, -0.2) is 0 Å². The molecule has 3 atom stereocenters. The van der Waals surface area contributed by atoms with Gasteiger partial charge in [-0.15, -0.1) is 0 Å². The lowest BCUT2D eigenvalue weighted by Crippen LogP contribution is -2.64. The molecule has 0 aromatic rings. The molecule has 4 fully saturated rings. The highest BCUT2D eigenvalue weighted by Gasteiger charge is 2.47.